The third-order valence-corrected chi connectivity index (χ3v) is 5.89. The molecule has 0 radical (unpaired) electrons. The van der Waals surface area contributed by atoms with Gasteiger partial charge in [-0.2, -0.15) is 0 Å². The number of methoxy groups -OCH3 is 1. The molecule has 1 aromatic carbocycles. The number of nitrogens with one attached hydrogen (secondary N) is 2. The molecule has 3 rings (SSSR count). The molecule has 0 aromatic heterocycles. The van der Waals surface area contributed by atoms with Crippen molar-refractivity contribution >= 4 is 17.6 Å². The first-order valence-corrected chi connectivity index (χ1v) is 10.0. The molecule has 6 heteroatoms. The molecule has 0 bridgehead atoms. The summed E-state index contributed by atoms with van der Waals surface area (Å²) in [6.45, 7) is 3.83. The van der Waals surface area contributed by atoms with Crippen LogP contribution in [0.5, 0.6) is 5.75 Å². The Morgan fingerprint density at radius 1 is 1.07 bits per heavy atom. The maximum absolute atomic E-state index is 13.3. The van der Waals surface area contributed by atoms with Crippen LogP contribution in [0.3, 0.4) is 0 Å². The summed E-state index contributed by atoms with van der Waals surface area (Å²) in [6, 6.07) is 6.86. The van der Waals surface area contributed by atoms with Gasteiger partial charge in [0.1, 0.15) is 11.3 Å². The van der Waals surface area contributed by atoms with Gasteiger partial charge in [0.05, 0.1) is 7.11 Å². The van der Waals surface area contributed by atoms with Crippen LogP contribution in [0.4, 0.5) is 10.5 Å². The highest BCUT2D eigenvalue weighted by Crippen LogP contribution is 2.32. The zero-order valence-electron chi connectivity index (χ0n) is 16.4. The molecule has 3 amide bonds. The number of benzene rings is 1. The summed E-state index contributed by atoms with van der Waals surface area (Å²) in [5, 5.41) is 5.90. The van der Waals surface area contributed by atoms with Gasteiger partial charge in [0, 0.05) is 18.8 Å². The van der Waals surface area contributed by atoms with Gasteiger partial charge in [0.15, 0.2) is 0 Å². The summed E-state index contributed by atoms with van der Waals surface area (Å²) in [5.41, 5.74) is -0.0893. The maximum Gasteiger partial charge on any atom is 0.320 e. The lowest BCUT2D eigenvalue weighted by Gasteiger charge is -2.42. The summed E-state index contributed by atoms with van der Waals surface area (Å²) in [7, 11) is 1.61. The number of piperidine rings is 1. The van der Waals surface area contributed by atoms with E-state index in [0.717, 1.165) is 50.9 Å². The Hall–Kier alpha value is -2.24. The van der Waals surface area contributed by atoms with E-state index >= 15 is 0 Å². The summed E-state index contributed by atoms with van der Waals surface area (Å²) in [6.07, 6.45) is 6.58. The Labute approximate surface area is 161 Å². The van der Waals surface area contributed by atoms with Crippen LogP contribution in [0.25, 0.3) is 0 Å². The Morgan fingerprint density at radius 3 is 2.30 bits per heavy atom. The molecule has 0 atom stereocenters. The number of amides is 3. The minimum Gasteiger partial charge on any atom is -0.497 e. The van der Waals surface area contributed by atoms with Gasteiger partial charge in [0.25, 0.3) is 0 Å². The normalized spacial score (nSPS) is 20.0. The third kappa shape index (κ3) is 4.73. The van der Waals surface area contributed by atoms with Crippen molar-refractivity contribution < 1.29 is 14.3 Å². The van der Waals surface area contributed by atoms with Crippen LogP contribution in [0.1, 0.15) is 51.9 Å². The zero-order chi connectivity index (χ0) is 19.3. The van der Waals surface area contributed by atoms with E-state index in [9.17, 15) is 9.59 Å². The van der Waals surface area contributed by atoms with Gasteiger partial charge in [-0.15, -0.1) is 0 Å². The smallest absolute Gasteiger partial charge is 0.320 e. The molecule has 0 spiro atoms. The van der Waals surface area contributed by atoms with Crippen LogP contribution in [0.2, 0.25) is 0 Å². The van der Waals surface area contributed by atoms with E-state index in [2.05, 4.69) is 17.6 Å². The zero-order valence-corrected chi connectivity index (χ0v) is 16.4. The summed E-state index contributed by atoms with van der Waals surface area (Å²) < 4.78 is 5.14. The van der Waals surface area contributed by atoms with Crippen LogP contribution >= 0.6 is 0 Å². The summed E-state index contributed by atoms with van der Waals surface area (Å²) >= 11 is 0. The van der Waals surface area contributed by atoms with Crippen molar-refractivity contribution in [3.63, 3.8) is 0 Å². The van der Waals surface area contributed by atoms with E-state index in [0.29, 0.717) is 24.4 Å². The standard InChI is InChI=1S/C21H31N3O3/c1-16-10-14-24(15-11-16)19(25)21(12-4-3-5-13-21)23-20(26)22-17-6-8-18(27-2)9-7-17/h6-9,16H,3-5,10-15H2,1-2H3,(H2,22,23,26). The number of urea groups is 1. The number of carbonyl (C=O) groups is 2. The average molecular weight is 373 g/mol. The lowest BCUT2D eigenvalue weighted by atomic mass is 9.80. The van der Waals surface area contributed by atoms with Crippen molar-refractivity contribution in [3.8, 4) is 5.75 Å². The highest BCUT2D eigenvalue weighted by Gasteiger charge is 2.43. The maximum atomic E-state index is 13.3. The second-order valence-corrected chi connectivity index (χ2v) is 7.93. The Kier molecular flexibility index (Phi) is 6.24. The largest absolute Gasteiger partial charge is 0.497 e. The van der Waals surface area contributed by atoms with Gasteiger partial charge in [0.2, 0.25) is 5.91 Å². The van der Waals surface area contributed by atoms with Crippen molar-refractivity contribution in [1.29, 1.82) is 0 Å². The number of nitrogens with zero attached hydrogens (tertiary/aromatic N) is 1. The van der Waals surface area contributed by atoms with Gasteiger partial charge >= 0.3 is 6.03 Å². The fraction of sp³-hybridized carbons (Fsp3) is 0.619. The predicted molar refractivity (Wildman–Crippen MR) is 106 cm³/mol. The minimum absolute atomic E-state index is 0.0963. The number of hydrogen-bond donors (Lipinski definition) is 2. The molecule has 2 aliphatic rings. The Morgan fingerprint density at radius 2 is 1.70 bits per heavy atom. The van der Waals surface area contributed by atoms with Crippen molar-refractivity contribution in [2.45, 2.75) is 57.4 Å². The summed E-state index contributed by atoms with van der Waals surface area (Å²) in [5.74, 6) is 1.50. The second-order valence-electron chi connectivity index (χ2n) is 7.93. The fourth-order valence-corrected chi connectivity index (χ4v) is 4.12. The number of carbonyl (C=O) groups excluding carboxylic acids is 2. The number of likely N-dealkylation sites (tertiary alicyclic amines) is 1. The van der Waals surface area contributed by atoms with Crippen LogP contribution < -0.4 is 15.4 Å². The van der Waals surface area contributed by atoms with Crippen molar-refractivity contribution in [1.82, 2.24) is 10.2 Å². The van der Waals surface area contributed by atoms with E-state index in [-0.39, 0.29) is 11.9 Å². The quantitative estimate of drug-likeness (QED) is 0.844. The van der Waals surface area contributed by atoms with Crippen molar-refractivity contribution in [3.05, 3.63) is 24.3 Å². The molecular formula is C21H31N3O3. The van der Waals surface area contributed by atoms with Crippen molar-refractivity contribution in [2.24, 2.45) is 5.92 Å². The Balaban J connectivity index is 1.68. The summed E-state index contributed by atoms with van der Waals surface area (Å²) in [4.78, 5) is 27.9. The highest BCUT2D eigenvalue weighted by atomic mass is 16.5. The first-order valence-electron chi connectivity index (χ1n) is 10.0. The SMILES string of the molecule is COc1ccc(NC(=O)NC2(C(=O)N3CCC(C)CC3)CCCCC2)cc1. The minimum atomic E-state index is -0.768. The van der Waals surface area contributed by atoms with E-state index in [1.54, 1.807) is 31.4 Å². The molecule has 1 aromatic rings. The van der Waals surface area contributed by atoms with Gasteiger partial charge in [-0.05, 0) is 55.9 Å². The van der Waals surface area contributed by atoms with Crippen LogP contribution in [0.15, 0.2) is 24.3 Å². The number of hydrogen-bond acceptors (Lipinski definition) is 3. The van der Waals surface area contributed by atoms with Crippen LogP contribution in [0, 0.1) is 5.92 Å². The molecule has 1 saturated heterocycles. The molecule has 1 aliphatic carbocycles. The topological polar surface area (TPSA) is 70.7 Å². The van der Waals surface area contributed by atoms with Gasteiger partial charge in [-0.1, -0.05) is 26.2 Å². The predicted octanol–water partition coefficient (Wildman–Crippen LogP) is 3.78. The number of rotatable bonds is 4. The molecule has 1 heterocycles. The molecular weight excluding hydrogens is 342 g/mol. The first kappa shape index (κ1) is 19.5. The fourth-order valence-electron chi connectivity index (χ4n) is 4.12. The molecule has 2 fully saturated rings. The molecule has 6 nitrogen and oxygen atoms in total. The lowest BCUT2D eigenvalue weighted by Crippen LogP contribution is -2.62. The van der Waals surface area contributed by atoms with Crippen molar-refractivity contribution in [2.75, 3.05) is 25.5 Å². The monoisotopic (exact) mass is 373 g/mol. The molecule has 1 aliphatic heterocycles. The van der Waals surface area contributed by atoms with Gasteiger partial charge < -0.3 is 20.3 Å². The first-order chi connectivity index (χ1) is 13.0. The lowest BCUT2D eigenvalue weighted by molar-refractivity contribution is -0.140. The molecule has 2 N–H and O–H groups in total. The third-order valence-electron chi connectivity index (χ3n) is 5.89. The molecule has 148 valence electrons. The average Bonchev–Trinajstić information content (AvgIpc) is 2.69. The molecule has 1 saturated carbocycles. The van der Waals surface area contributed by atoms with E-state index < -0.39 is 5.54 Å². The van der Waals surface area contributed by atoms with E-state index in [4.69, 9.17) is 4.74 Å². The number of anilines is 1. The number of ether oxygens (including phenoxy) is 1. The molecule has 0 unspecified atom stereocenters. The van der Waals surface area contributed by atoms with E-state index in [1.165, 1.54) is 0 Å². The molecule has 27 heavy (non-hydrogen) atoms. The highest BCUT2D eigenvalue weighted by molar-refractivity contribution is 5.96. The Bertz CT molecular complexity index is 645. The second kappa shape index (κ2) is 8.63. The van der Waals surface area contributed by atoms with Gasteiger partial charge in [-0.25, -0.2) is 4.79 Å². The van der Waals surface area contributed by atoms with Gasteiger partial charge in [-0.3, -0.25) is 4.79 Å². The van der Waals surface area contributed by atoms with E-state index in [1.807, 2.05) is 4.90 Å². The van der Waals surface area contributed by atoms with Crippen LogP contribution in [-0.4, -0.2) is 42.6 Å². The van der Waals surface area contributed by atoms with Crippen LogP contribution in [-0.2, 0) is 4.79 Å².